The Morgan fingerprint density at radius 1 is 0.978 bits per heavy atom. The molecule has 0 amide bonds. The molecule has 242 valence electrons. The van der Waals surface area contributed by atoms with Gasteiger partial charge < -0.3 is 20.1 Å². The van der Waals surface area contributed by atoms with E-state index in [2.05, 4.69) is 31.0 Å². The van der Waals surface area contributed by atoms with Crippen molar-refractivity contribution in [3.8, 4) is 16.3 Å². The van der Waals surface area contributed by atoms with Crippen molar-refractivity contribution in [2.45, 2.75) is 44.5 Å². The molecule has 5 aromatic rings. The molecule has 2 aromatic heterocycles. The van der Waals surface area contributed by atoms with Crippen molar-refractivity contribution >= 4 is 33.3 Å². The summed E-state index contributed by atoms with van der Waals surface area (Å²) in [6, 6.07) is 15.3. The van der Waals surface area contributed by atoms with Crippen molar-refractivity contribution in [2.24, 2.45) is 0 Å². The van der Waals surface area contributed by atoms with Crippen LogP contribution < -0.4 is 15.4 Å². The van der Waals surface area contributed by atoms with E-state index in [1.54, 1.807) is 36.4 Å². The number of carbonyl (C=O) groups excluding carboxylic acids is 1. The van der Waals surface area contributed by atoms with Gasteiger partial charge in [0.05, 0.1) is 29.9 Å². The average Bonchev–Trinajstić information content (AvgIpc) is 3.64. The SMILES string of the molecule is COc1ccc(CNC(Cc2cccc(C(F)(F)F)c2)C(Nc2nnc(-c3ccc4[nH]nc(C)c4c3)s2)OC(=O)C(F)(F)F)cc1. The van der Waals surface area contributed by atoms with Gasteiger partial charge in [0.1, 0.15) is 10.8 Å². The van der Waals surface area contributed by atoms with Crippen LogP contribution in [0, 0.1) is 6.92 Å². The number of anilines is 1. The Kier molecular flexibility index (Phi) is 9.48. The number of ether oxygens (including phenoxy) is 2. The highest BCUT2D eigenvalue weighted by molar-refractivity contribution is 7.18. The smallest absolute Gasteiger partial charge is 0.491 e. The molecule has 0 aliphatic heterocycles. The van der Waals surface area contributed by atoms with E-state index in [4.69, 9.17) is 9.47 Å². The molecule has 2 unspecified atom stereocenters. The lowest BCUT2D eigenvalue weighted by atomic mass is 10.0. The van der Waals surface area contributed by atoms with Gasteiger partial charge in [-0.1, -0.05) is 41.7 Å². The van der Waals surface area contributed by atoms with Crippen LogP contribution in [-0.4, -0.2) is 51.9 Å². The number of aromatic amines is 1. The van der Waals surface area contributed by atoms with Gasteiger partial charge >= 0.3 is 18.3 Å². The number of methoxy groups -OCH3 is 1. The zero-order valence-electron chi connectivity index (χ0n) is 24.2. The molecule has 16 heteroatoms. The van der Waals surface area contributed by atoms with Crippen molar-refractivity contribution in [1.82, 2.24) is 25.7 Å². The van der Waals surface area contributed by atoms with Gasteiger partial charge in [0.2, 0.25) is 5.13 Å². The van der Waals surface area contributed by atoms with Crippen LogP contribution >= 0.6 is 11.3 Å². The highest BCUT2D eigenvalue weighted by Gasteiger charge is 2.44. The van der Waals surface area contributed by atoms with E-state index >= 15 is 0 Å². The summed E-state index contributed by atoms with van der Waals surface area (Å²) < 4.78 is 90.7. The summed E-state index contributed by atoms with van der Waals surface area (Å²) in [5.74, 6) is -1.92. The Morgan fingerprint density at radius 2 is 1.74 bits per heavy atom. The second-order valence-corrected chi connectivity index (χ2v) is 11.2. The minimum atomic E-state index is -5.35. The lowest BCUT2D eigenvalue weighted by Gasteiger charge is -2.29. The third-order valence-electron chi connectivity index (χ3n) is 6.96. The fourth-order valence-electron chi connectivity index (χ4n) is 4.60. The van der Waals surface area contributed by atoms with Crippen molar-refractivity contribution in [3.63, 3.8) is 0 Å². The van der Waals surface area contributed by atoms with E-state index in [-0.39, 0.29) is 23.7 Å². The quantitative estimate of drug-likeness (QED) is 0.0817. The summed E-state index contributed by atoms with van der Waals surface area (Å²) in [4.78, 5) is 12.1. The number of alkyl halides is 6. The lowest BCUT2D eigenvalue weighted by molar-refractivity contribution is -0.204. The Bertz CT molecular complexity index is 1810. The van der Waals surface area contributed by atoms with Gasteiger partial charge in [-0.3, -0.25) is 5.10 Å². The monoisotopic (exact) mass is 664 g/mol. The molecule has 2 atom stereocenters. The summed E-state index contributed by atoms with van der Waals surface area (Å²) >= 11 is 0.987. The highest BCUT2D eigenvalue weighted by atomic mass is 32.1. The number of hydrogen-bond donors (Lipinski definition) is 3. The molecule has 0 radical (unpaired) electrons. The Morgan fingerprint density at radius 3 is 2.43 bits per heavy atom. The van der Waals surface area contributed by atoms with Gasteiger partial charge in [-0.05, 0) is 60.9 Å². The van der Waals surface area contributed by atoms with E-state index in [1.165, 1.54) is 19.2 Å². The number of hydrogen-bond acceptors (Lipinski definition) is 9. The number of benzene rings is 3. The minimum absolute atomic E-state index is 0.0132. The topological polar surface area (TPSA) is 114 Å². The Labute approximate surface area is 261 Å². The molecule has 5 rings (SSSR count). The minimum Gasteiger partial charge on any atom is -0.497 e. The first kappa shape index (κ1) is 32.7. The van der Waals surface area contributed by atoms with Crippen LogP contribution in [0.15, 0.2) is 66.7 Å². The number of esters is 1. The van der Waals surface area contributed by atoms with E-state index in [9.17, 15) is 31.1 Å². The van der Waals surface area contributed by atoms with E-state index in [0.29, 0.717) is 21.9 Å². The largest absolute Gasteiger partial charge is 0.497 e. The summed E-state index contributed by atoms with van der Waals surface area (Å²) in [7, 11) is 1.49. The number of halogens is 6. The molecule has 0 aliphatic rings. The average molecular weight is 665 g/mol. The van der Waals surface area contributed by atoms with Crippen LogP contribution in [0.5, 0.6) is 5.75 Å². The third-order valence-corrected chi connectivity index (χ3v) is 7.86. The van der Waals surface area contributed by atoms with Gasteiger partial charge in [0, 0.05) is 17.5 Å². The van der Waals surface area contributed by atoms with Crippen molar-refractivity contribution in [2.75, 3.05) is 12.4 Å². The maximum absolute atomic E-state index is 13.5. The van der Waals surface area contributed by atoms with E-state index in [1.807, 2.05) is 13.0 Å². The first-order chi connectivity index (χ1) is 21.8. The molecular weight excluding hydrogens is 638 g/mol. The maximum atomic E-state index is 13.5. The summed E-state index contributed by atoms with van der Waals surface area (Å²) in [5.41, 5.74) is 2.08. The van der Waals surface area contributed by atoms with Crippen LogP contribution in [0.4, 0.5) is 31.5 Å². The van der Waals surface area contributed by atoms with Crippen LogP contribution in [0.2, 0.25) is 0 Å². The molecule has 0 saturated heterocycles. The van der Waals surface area contributed by atoms with E-state index in [0.717, 1.165) is 40.1 Å². The second kappa shape index (κ2) is 13.3. The van der Waals surface area contributed by atoms with E-state index < -0.39 is 36.2 Å². The first-order valence-electron chi connectivity index (χ1n) is 13.7. The van der Waals surface area contributed by atoms with Gasteiger partial charge in [-0.2, -0.15) is 31.4 Å². The van der Waals surface area contributed by atoms with Crippen molar-refractivity contribution < 1.29 is 40.6 Å². The van der Waals surface area contributed by atoms with Crippen molar-refractivity contribution in [1.29, 1.82) is 0 Å². The molecule has 0 bridgehead atoms. The molecule has 0 fully saturated rings. The highest BCUT2D eigenvalue weighted by Crippen LogP contribution is 2.32. The molecule has 0 spiro atoms. The standard InChI is InChI=1S/C30H26F6N6O3S/c1-16-22-14-19(8-11-23(22)40-39-16)26-41-42-28(46-26)38-25(45-27(43)30(34,35)36)24(37-15-17-6-9-21(44-2)10-7-17)13-18-4-3-5-20(12-18)29(31,32)33/h3-12,14,24-25,37H,13,15H2,1-2H3,(H,38,42)(H,39,40). The number of aromatic nitrogens is 4. The molecule has 46 heavy (non-hydrogen) atoms. The number of nitrogens with zero attached hydrogens (tertiary/aromatic N) is 3. The first-order valence-corrected chi connectivity index (χ1v) is 14.5. The summed E-state index contributed by atoms with van der Waals surface area (Å²) in [6.45, 7) is 1.87. The summed E-state index contributed by atoms with van der Waals surface area (Å²) in [6.07, 6.45) is -12.0. The normalized spacial score (nSPS) is 13.4. The predicted molar refractivity (Wildman–Crippen MR) is 158 cm³/mol. The molecule has 0 saturated carbocycles. The number of carbonyl (C=O) groups is 1. The van der Waals surface area contributed by atoms with Gasteiger partial charge in [0.25, 0.3) is 0 Å². The lowest BCUT2D eigenvalue weighted by Crippen LogP contribution is -2.49. The maximum Gasteiger partial charge on any atom is 0.491 e. The predicted octanol–water partition coefficient (Wildman–Crippen LogP) is 6.66. The van der Waals surface area contributed by atoms with Gasteiger partial charge in [-0.25, -0.2) is 4.79 Å². The number of nitrogens with one attached hydrogen (secondary N) is 3. The fourth-order valence-corrected chi connectivity index (χ4v) is 5.37. The molecule has 3 aromatic carbocycles. The van der Waals surface area contributed by atoms with Crippen LogP contribution in [0.25, 0.3) is 21.5 Å². The van der Waals surface area contributed by atoms with Gasteiger partial charge in [0.15, 0.2) is 6.23 Å². The zero-order valence-corrected chi connectivity index (χ0v) is 25.0. The number of H-pyrrole nitrogens is 1. The second-order valence-electron chi connectivity index (χ2n) is 10.2. The van der Waals surface area contributed by atoms with Crippen LogP contribution in [-0.2, 0) is 28.7 Å². The number of fused-ring (bicyclic) bond motifs is 1. The van der Waals surface area contributed by atoms with Crippen LogP contribution in [0.1, 0.15) is 22.4 Å². The molecule has 2 heterocycles. The molecule has 3 N–H and O–H groups in total. The molecular formula is C30H26F6N6O3S. The zero-order chi connectivity index (χ0) is 33.1. The summed E-state index contributed by atoms with van der Waals surface area (Å²) in [5, 5.41) is 22.2. The molecule has 0 aliphatic carbocycles. The van der Waals surface area contributed by atoms with Gasteiger partial charge in [-0.15, -0.1) is 10.2 Å². The Balaban J connectivity index is 1.47. The number of rotatable bonds is 11. The fraction of sp³-hybridized carbons (Fsp3) is 0.267. The molecule has 9 nitrogen and oxygen atoms in total. The Hall–Kier alpha value is -4.70. The number of aryl methyl sites for hydroxylation is 1. The van der Waals surface area contributed by atoms with Crippen molar-refractivity contribution in [3.05, 3.63) is 89.1 Å². The van der Waals surface area contributed by atoms with Crippen LogP contribution in [0.3, 0.4) is 0 Å². The third kappa shape index (κ3) is 7.92.